The SMILES string of the molecule is CC(=NNC(=O)c1ccc(C(=O)O)cc1)c1c(C)[nH]n(-c2ccc(C(F)(F)F)cn2)c1=O.CC(=NNC(=O)c1ccc(C(=O)O)cc1)c1c(C)[nH]n(-c2ccc3ccccc3n2)c1=O.CC(=NNC(=O)c1ccc(C(=O)O)s1)c1c(C)[nH]n(-c2ccc(C(C)(C)C)cc2)c1=O.COC(=O)c1ccc(C(=O)NN=C(C)c2c(C)[nH]n(-c3ccc(Cl)nn3)c2=O)cc1. The zero-order chi connectivity index (χ0) is 91.2. The Labute approximate surface area is 713 Å². The number of hydrogen-bond acceptors (Lipinski definition) is 22. The van der Waals surface area contributed by atoms with Crippen molar-refractivity contribution in [2.75, 3.05) is 7.11 Å². The van der Waals surface area contributed by atoms with Gasteiger partial charge in [0.05, 0.1) is 90.5 Å². The summed E-state index contributed by atoms with van der Waals surface area (Å²) >= 11 is 6.58. The third-order valence-corrected chi connectivity index (χ3v) is 19.7. The Bertz CT molecular complexity index is 6710. The van der Waals surface area contributed by atoms with Crippen LogP contribution in [-0.4, -0.2) is 152 Å². The predicted molar refractivity (Wildman–Crippen MR) is 456 cm³/mol. The summed E-state index contributed by atoms with van der Waals surface area (Å²) in [4.78, 5) is 153. The third-order valence-electron chi connectivity index (χ3n) is 18.4. The maximum atomic E-state index is 13.0. The molecule has 8 aromatic heterocycles. The van der Waals surface area contributed by atoms with Gasteiger partial charge in [-0.25, -0.2) is 64.9 Å². The number of benzene rings is 5. The number of hydrogen-bond donors (Lipinski definition) is 11. The normalized spacial score (nSPS) is 11.7. The van der Waals surface area contributed by atoms with Crippen LogP contribution in [-0.2, 0) is 16.3 Å². The number of carboxylic acid groups (broad SMARTS) is 3. The molecule has 8 heterocycles. The fraction of sp³-hybridized carbons (Fsp3) is 0.167. The van der Waals surface area contributed by atoms with Crippen LogP contribution in [0.3, 0.4) is 0 Å². The quantitative estimate of drug-likeness (QED) is 0.0192. The van der Waals surface area contributed by atoms with Gasteiger partial charge < -0.3 is 20.1 Å². The number of rotatable bonds is 20. The highest BCUT2D eigenvalue weighted by Gasteiger charge is 2.31. The number of amides is 4. The number of esters is 1. The minimum atomic E-state index is -4.55. The number of methoxy groups -OCH3 is 1. The molecule has 642 valence electrons. The maximum Gasteiger partial charge on any atom is 0.417 e. The first-order valence-electron chi connectivity index (χ1n) is 37.0. The second-order valence-corrected chi connectivity index (χ2v) is 29.6. The van der Waals surface area contributed by atoms with E-state index in [0.717, 1.165) is 44.6 Å². The van der Waals surface area contributed by atoms with E-state index in [4.69, 9.17) is 26.9 Å². The number of ether oxygens (including phenoxy) is 1. The maximum absolute atomic E-state index is 13.0. The van der Waals surface area contributed by atoms with E-state index in [9.17, 15) is 70.7 Å². The number of halogens is 4. The summed E-state index contributed by atoms with van der Waals surface area (Å²) in [6.45, 7) is 19.4. The Morgan fingerprint density at radius 2 is 0.808 bits per heavy atom. The van der Waals surface area contributed by atoms with Gasteiger partial charge in [-0.3, -0.25) is 58.8 Å². The molecule has 0 fully saturated rings. The molecular weight excluding hydrogens is 1670 g/mol. The van der Waals surface area contributed by atoms with Gasteiger partial charge in [0.2, 0.25) is 0 Å². The van der Waals surface area contributed by atoms with E-state index in [1.165, 1.54) is 119 Å². The van der Waals surface area contributed by atoms with Crippen molar-refractivity contribution in [3.63, 3.8) is 0 Å². The van der Waals surface area contributed by atoms with Crippen molar-refractivity contribution in [2.45, 2.75) is 87.8 Å². The zero-order valence-corrected chi connectivity index (χ0v) is 69.8. The van der Waals surface area contributed by atoms with Gasteiger partial charge in [-0.15, -0.1) is 21.5 Å². The van der Waals surface area contributed by atoms with E-state index in [0.29, 0.717) is 79.9 Å². The van der Waals surface area contributed by atoms with Crippen molar-refractivity contribution < 1.29 is 71.6 Å². The molecule has 0 spiro atoms. The lowest BCUT2D eigenvalue weighted by molar-refractivity contribution is -0.137. The Hall–Kier alpha value is -16.0. The van der Waals surface area contributed by atoms with Crippen molar-refractivity contribution >= 4 is 104 Å². The van der Waals surface area contributed by atoms with Gasteiger partial charge in [0, 0.05) is 51.0 Å². The molecule has 125 heavy (non-hydrogen) atoms. The molecule has 41 heteroatoms. The number of aryl methyl sites for hydroxylation is 4. The van der Waals surface area contributed by atoms with Crippen LogP contribution in [0.4, 0.5) is 13.2 Å². The number of para-hydroxylation sites is 1. The lowest BCUT2D eigenvalue weighted by Gasteiger charge is -2.19. The molecular formula is C84H76ClF3N20O16S. The number of thiophene rings is 1. The topological polar surface area (TPSA) is 507 Å². The minimum Gasteiger partial charge on any atom is -0.478 e. The van der Waals surface area contributed by atoms with Gasteiger partial charge in [0.15, 0.2) is 22.6 Å². The predicted octanol–water partition coefficient (Wildman–Crippen LogP) is 11.2. The van der Waals surface area contributed by atoms with Crippen molar-refractivity contribution in [3.8, 4) is 23.1 Å². The number of carboxylic acids is 3. The molecule has 0 unspecified atom stereocenters. The van der Waals surface area contributed by atoms with Crippen molar-refractivity contribution in [1.82, 2.24) is 81.0 Å². The summed E-state index contributed by atoms with van der Waals surface area (Å²) in [5.74, 6) is -5.33. The number of aromatic amines is 4. The number of nitrogens with one attached hydrogen (secondary N) is 8. The molecule has 36 nitrogen and oxygen atoms in total. The fourth-order valence-corrected chi connectivity index (χ4v) is 12.8. The van der Waals surface area contributed by atoms with Crippen molar-refractivity contribution in [2.24, 2.45) is 20.4 Å². The summed E-state index contributed by atoms with van der Waals surface area (Å²) < 4.78 is 47.7. The van der Waals surface area contributed by atoms with Crippen LogP contribution < -0.4 is 43.9 Å². The molecule has 0 aliphatic heterocycles. The lowest BCUT2D eigenvalue weighted by Crippen LogP contribution is -2.24. The summed E-state index contributed by atoms with van der Waals surface area (Å²) in [6.07, 6.45) is -3.93. The van der Waals surface area contributed by atoms with Crippen LogP contribution in [0.25, 0.3) is 34.0 Å². The second-order valence-electron chi connectivity index (χ2n) is 28.1. The number of fused-ring (bicyclic) bond motifs is 1. The van der Waals surface area contributed by atoms with Crippen LogP contribution in [0, 0.1) is 27.7 Å². The Balaban J connectivity index is 0.000000174. The van der Waals surface area contributed by atoms with Crippen LogP contribution >= 0.6 is 22.9 Å². The number of pyridine rings is 2. The van der Waals surface area contributed by atoms with Crippen molar-refractivity contribution in [3.05, 3.63) is 322 Å². The molecule has 0 radical (unpaired) electrons. The Morgan fingerprint density at radius 3 is 1.20 bits per heavy atom. The fourth-order valence-electron chi connectivity index (χ4n) is 12.0. The molecule has 13 aromatic rings. The van der Waals surface area contributed by atoms with E-state index in [2.05, 4.69) is 108 Å². The summed E-state index contributed by atoms with van der Waals surface area (Å²) in [6, 6.07) is 43.2. The van der Waals surface area contributed by atoms with Gasteiger partial charge in [-0.05, 0) is 206 Å². The van der Waals surface area contributed by atoms with E-state index in [1.807, 2.05) is 54.6 Å². The van der Waals surface area contributed by atoms with E-state index in [1.54, 1.807) is 60.6 Å². The smallest absolute Gasteiger partial charge is 0.417 e. The molecule has 0 aliphatic rings. The first-order chi connectivity index (χ1) is 59.1. The number of H-pyrrole nitrogens is 4. The van der Waals surface area contributed by atoms with Crippen LogP contribution in [0.1, 0.15) is 186 Å². The molecule has 0 saturated heterocycles. The molecule has 0 saturated carbocycles. The number of carbonyl (C=O) groups is 8. The Kier molecular flexibility index (Phi) is 28.5. The number of aromatic carboxylic acids is 3. The van der Waals surface area contributed by atoms with Crippen LogP contribution in [0.5, 0.6) is 0 Å². The first kappa shape index (κ1) is 91.3. The number of carbonyl (C=O) groups excluding carboxylic acids is 5. The number of nitrogens with zero attached hydrogens (tertiary/aromatic N) is 12. The highest BCUT2D eigenvalue weighted by molar-refractivity contribution is 7.15. The van der Waals surface area contributed by atoms with Crippen LogP contribution in [0.2, 0.25) is 5.15 Å². The van der Waals surface area contributed by atoms with Gasteiger partial charge in [-0.1, -0.05) is 62.7 Å². The standard InChI is InChI=1S/C23H19N5O4.C22H24N4O4S.C20H16F3N5O4.C19H17ClN6O4/c1-13(25-26-21(29)16-7-9-17(10-8-16)23(31)32)20-14(2)27-28(22(20)30)19-12-11-15-5-3-4-6-18(15)24-19;1-12(23-24-19(27)16-10-11-17(31-16)21(29)30)18-13(2)25-26(20(18)28)15-8-6-14(7-9-15)22(3,4)5;1-10(25-26-17(29)12-3-5-13(6-4-12)19(31)32)16-11(2)27-28(18(16)30)15-8-7-14(9-24-15)20(21,22)23;1-10(21-24-17(27)12-4-6-13(7-5-12)19(29)30-3)16-11(2)25-26(18(16)28)15-9-8-14(20)22-23-15/h3-12,27H,1-2H3,(H,26,29)(H,31,32);6-11,25H,1-5H3,(H,24,27)(H,29,30);3-9,27H,1-2H3,(H,26,29)(H,31,32);4-9,25H,1-3H3,(H,24,27). The molecule has 11 N–H and O–H groups in total. The number of alkyl halides is 3. The summed E-state index contributed by atoms with van der Waals surface area (Å²) in [5.41, 5.74) is 14.9. The van der Waals surface area contributed by atoms with Gasteiger partial charge >= 0.3 is 30.1 Å². The van der Waals surface area contributed by atoms with Crippen molar-refractivity contribution in [1.29, 1.82) is 0 Å². The summed E-state index contributed by atoms with van der Waals surface area (Å²) in [7, 11) is 1.27. The highest BCUT2D eigenvalue weighted by atomic mass is 35.5. The molecule has 13 rings (SSSR count). The summed E-state index contributed by atoms with van der Waals surface area (Å²) in [5, 5.41) is 63.2. The van der Waals surface area contributed by atoms with Gasteiger partial charge in [0.25, 0.3) is 45.9 Å². The highest BCUT2D eigenvalue weighted by Crippen LogP contribution is 2.29. The zero-order valence-electron chi connectivity index (χ0n) is 68.2. The van der Waals surface area contributed by atoms with Crippen LogP contribution in [0.15, 0.2) is 216 Å². The monoisotopic (exact) mass is 1740 g/mol. The van der Waals surface area contributed by atoms with E-state index < -0.39 is 70.4 Å². The average molecular weight is 1750 g/mol. The van der Waals surface area contributed by atoms with E-state index in [-0.39, 0.29) is 82.2 Å². The second kappa shape index (κ2) is 39.0. The largest absolute Gasteiger partial charge is 0.478 e. The van der Waals surface area contributed by atoms with Gasteiger partial charge in [-0.2, -0.15) is 38.3 Å². The number of aromatic nitrogens is 12. The van der Waals surface area contributed by atoms with E-state index >= 15 is 0 Å². The molecule has 0 atom stereocenters. The molecule has 0 aliphatic carbocycles. The van der Waals surface area contributed by atoms with Gasteiger partial charge in [0.1, 0.15) is 4.88 Å². The lowest BCUT2D eigenvalue weighted by atomic mass is 9.87. The molecule has 0 bridgehead atoms. The first-order valence-corrected chi connectivity index (χ1v) is 38.2. The third kappa shape index (κ3) is 22.0. The minimum absolute atomic E-state index is 0.00947. The number of hydrazone groups is 4. The molecule has 5 aromatic carbocycles. The average Bonchev–Trinajstić information content (AvgIpc) is 1.70. The molecule has 4 amide bonds. The Morgan fingerprint density at radius 1 is 0.432 bits per heavy atom.